The van der Waals surface area contributed by atoms with E-state index in [1.54, 1.807) is 12.3 Å². The summed E-state index contributed by atoms with van der Waals surface area (Å²) >= 11 is 0. The van der Waals surface area contributed by atoms with Crippen molar-refractivity contribution in [2.45, 2.75) is 19.8 Å². The molecule has 0 aliphatic rings. The van der Waals surface area contributed by atoms with Gasteiger partial charge in [0.1, 0.15) is 5.65 Å². The van der Waals surface area contributed by atoms with Gasteiger partial charge in [0.2, 0.25) is 5.56 Å². The highest BCUT2D eigenvalue weighted by molar-refractivity contribution is 5.90. The minimum atomic E-state index is -0.148. The van der Waals surface area contributed by atoms with Crippen LogP contribution in [0.1, 0.15) is 16.7 Å². The Labute approximate surface area is 157 Å². The lowest BCUT2D eigenvalue weighted by Crippen LogP contribution is -2.04. The van der Waals surface area contributed by atoms with Crippen LogP contribution in [-0.4, -0.2) is 9.97 Å². The van der Waals surface area contributed by atoms with Crippen LogP contribution < -0.4 is 10.9 Å². The molecule has 27 heavy (non-hydrogen) atoms. The first-order chi connectivity index (χ1) is 13.2. The van der Waals surface area contributed by atoms with Gasteiger partial charge in [-0.25, -0.2) is 4.98 Å². The summed E-state index contributed by atoms with van der Waals surface area (Å²) in [5.74, 6) is 0. The van der Waals surface area contributed by atoms with Crippen molar-refractivity contribution < 1.29 is 0 Å². The van der Waals surface area contributed by atoms with Gasteiger partial charge < -0.3 is 10.3 Å². The molecule has 4 rings (SSSR count). The monoisotopic (exact) mass is 355 g/mol. The molecule has 2 aromatic carbocycles. The molecule has 2 aromatic heterocycles. The molecule has 4 nitrogen and oxygen atoms in total. The van der Waals surface area contributed by atoms with Gasteiger partial charge in [0.25, 0.3) is 0 Å². The molecular formula is C23H21N3O. The molecular weight excluding hydrogens is 334 g/mol. The number of rotatable bonds is 5. The number of benzene rings is 2. The van der Waals surface area contributed by atoms with Crippen LogP contribution >= 0.6 is 0 Å². The Kier molecular flexibility index (Phi) is 4.71. The van der Waals surface area contributed by atoms with Crippen LogP contribution in [0.25, 0.3) is 11.0 Å². The van der Waals surface area contributed by atoms with E-state index in [0.29, 0.717) is 5.65 Å². The maximum atomic E-state index is 11.5. The Balaban J connectivity index is 1.55. The number of fused-ring (bicyclic) bond motifs is 1. The van der Waals surface area contributed by atoms with Gasteiger partial charge in [0, 0.05) is 23.3 Å². The van der Waals surface area contributed by atoms with Gasteiger partial charge >= 0.3 is 0 Å². The Morgan fingerprint density at radius 1 is 0.963 bits per heavy atom. The fourth-order valence-corrected chi connectivity index (χ4v) is 3.30. The molecule has 0 bridgehead atoms. The summed E-state index contributed by atoms with van der Waals surface area (Å²) in [5.41, 5.74) is 6.40. The minimum Gasteiger partial charge on any atom is -0.355 e. The SMILES string of the molecule is Cc1ccccc1CCc1cccc(Nc2ccnc3[nH]c(=O)ccc23)c1. The molecule has 0 amide bonds. The molecule has 4 aromatic rings. The molecule has 0 saturated carbocycles. The van der Waals surface area contributed by atoms with Gasteiger partial charge in [-0.3, -0.25) is 4.79 Å². The van der Waals surface area contributed by atoms with Gasteiger partial charge in [-0.05, 0) is 60.7 Å². The molecule has 2 heterocycles. The lowest BCUT2D eigenvalue weighted by atomic mass is 10.0. The van der Waals surface area contributed by atoms with E-state index in [1.807, 2.05) is 6.07 Å². The first-order valence-electron chi connectivity index (χ1n) is 9.07. The molecule has 4 heteroatoms. The second kappa shape index (κ2) is 7.46. The van der Waals surface area contributed by atoms with Crippen LogP contribution in [0.2, 0.25) is 0 Å². The molecule has 0 atom stereocenters. The van der Waals surface area contributed by atoms with Crippen molar-refractivity contribution in [2.75, 3.05) is 5.32 Å². The van der Waals surface area contributed by atoms with Crippen LogP contribution in [0.15, 0.2) is 77.7 Å². The first kappa shape index (κ1) is 17.0. The van der Waals surface area contributed by atoms with Crippen molar-refractivity contribution in [3.05, 3.63) is 100.0 Å². The summed E-state index contributed by atoms with van der Waals surface area (Å²) < 4.78 is 0. The average molecular weight is 355 g/mol. The fraction of sp³-hybridized carbons (Fsp3) is 0.130. The molecule has 2 N–H and O–H groups in total. The summed E-state index contributed by atoms with van der Waals surface area (Å²) in [6.07, 6.45) is 3.71. The molecule has 0 radical (unpaired) electrons. The van der Waals surface area contributed by atoms with Crippen LogP contribution in [-0.2, 0) is 12.8 Å². The third-order valence-electron chi connectivity index (χ3n) is 4.78. The predicted molar refractivity (Wildman–Crippen MR) is 111 cm³/mol. The minimum absolute atomic E-state index is 0.148. The highest BCUT2D eigenvalue weighted by Gasteiger charge is 2.05. The third-order valence-corrected chi connectivity index (χ3v) is 4.78. The number of pyridine rings is 2. The van der Waals surface area contributed by atoms with Gasteiger partial charge in [-0.15, -0.1) is 0 Å². The summed E-state index contributed by atoms with van der Waals surface area (Å²) in [6, 6.07) is 22.2. The largest absolute Gasteiger partial charge is 0.355 e. The predicted octanol–water partition coefficient (Wildman–Crippen LogP) is 4.76. The highest BCUT2D eigenvalue weighted by atomic mass is 16.1. The zero-order chi connectivity index (χ0) is 18.6. The molecule has 0 fully saturated rings. The van der Waals surface area contributed by atoms with Crippen molar-refractivity contribution >= 4 is 22.4 Å². The number of hydrogen-bond acceptors (Lipinski definition) is 3. The smallest absolute Gasteiger partial charge is 0.249 e. The Hall–Kier alpha value is -3.40. The van der Waals surface area contributed by atoms with Crippen molar-refractivity contribution in [1.29, 1.82) is 0 Å². The van der Waals surface area contributed by atoms with E-state index in [9.17, 15) is 4.79 Å². The zero-order valence-corrected chi connectivity index (χ0v) is 15.2. The number of nitrogens with one attached hydrogen (secondary N) is 2. The maximum Gasteiger partial charge on any atom is 0.249 e. The van der Waals surface area contributed by atoms with Gasteiger partial charge in [-0.1, -0.05) is 36.4 Å². The Bertz CT molecular complexity index is 1150. The number of nitrogens with zero attached hydrogens (tertiary/aromatic N) is 1. The molecule has 0 spiro atoms. The lowest BCUT2D eigenvalue weighted by molar-refractivity contribution is 0.949. The van der Waals surface area contributed by atoms with Crippen molar-refractivity contribution in [3.8, 4) is 0 Å². The highest BCUT2D eigenvalue weighted by Crippen LogP contribution is 2.24. The van der Waals surface area contributed by atoms with Crippen LogP contribution in [0.5, 0.6) is 0 Å². The molecule has 0 saturated heterocycles. The van der Waals surface area contributed by atoms with E-state index >= 15 is 0 Å². The molecule has 0 aliphatic carbocycles. The normalized spacial score (nSPS) is 10.9. The summed E-state index contributed by atoms with van der Waals surface area (Å²) in [5, 5.41) is 4.35. The van der Waals surface area contributed by atoms with E-state index in [1.165, 1.54) is 22.8 Å². The van der Waals surface area contributed by atoms with E-state index < -0.39 is 0 Å². The van der Waals surface area contributed by atoms with E-state index in [0.717, 1.165) is 29.6 Å². The Morgan fingerprint density at radius 2 is 1.85 bits per heavy atom. The zero-order valence-electron chi connectivity index (χ0n) is 15.2. The maximum absolute atomic E-state index is 11.5. The topological polar surface area (TPSA) is 57.8 Å². The number of aryl methyl sites for hydroxylation is 3. The van der Waals surface area contributed by atoms with Gasteiger partial charge in [-0.2, -0.15) is 0 Å². The van der Waals surface area contributed by atoms with Crippen LogP contribution in [0.4, 0.5) is 11.4 Å². The first-order valence-corrected chi connectivity index (χ1v) is 9.07. The molecule has 134 valence electrons. The van der Waals surface area contributed by atoms with Crippen molar-refractivity contribution in [3.63, 3.8) is 0 Å². The van der Waals surface area contributed by atoms with Gasteiger partial charge in [0.05, 0.1) is 5.69 Å². The lowest BCUT2D eigenvalue weighted by Gasteiger charge is -2.11. The number of hydrogen-bond donors (Lipinski definition) is 2. The average Bonchev–Trinajstić information content (AvgIpc) is 2.68. The van der Waals surface area contributed by atoms with Crippen LogP contribution in [0.3, 0.4) is 0 Å². The second-order valence-corrected chi connectivity index (χ2v) is 6.70. The van der Waals surface area contributed by atoms with Crippen LogP contribution in [0, 0.1) is 6.92 Å². The van der Waals surface area contributed by atoms with E-state index in [4.69, 9.17) is 0 Å². The van der Waals surface area contributed by atoms with Crippen molar-refractivity contribution in [1.82, 2.24) is 9.97 Å². The van der Waals surface area contributed by atoms with Crippen molar-refractivity contribution in [2.24, 2.45) is 0 Å². The number of aromatic amines is 1. The summed E-state index contributed by atoms with van der Waals surface area (Å²) in [4.78, 5) is 18.5. The Morgan fingerprint density at radius 3 is 2.74 bits per heavy atom. The summed E-state index contributed by atoms with van der Waals surface area (Å²) in [7, 11) is 0. The number of anilines is 2. The molecule has 0 aliphatic heterocycles. The molecule has 0 unspecified atom stereocenters. The number of aromatic nitrogens is 2. The van der Waals surface area contributed by atoms with Gasteiger partial charge in [0.15, 0.2) is 0 Å². The quantitative estimate of drug-likeness (QED) is 0.543. The second-order valence-electron chi connectivity index (χ2n) is 6.70. The fourth-order valence-electron chi connectivity index (χ4n) is 3.30. The third kappa shape index (κ3) is 3.90. The number of H-pyrrole nitrogens is 1. The summed E-state index contributed by atoms with van der Waals surface area (Å²) in [6.45, 7) is 2.16. The van der Waals surface area contributed by atoms with E-state index in [-0.39, 0.29) is 5.56 Å². The standard InChI is InChI=1S/C23H21N3O/c1-16-5-2-3-7-18(16)10-9-17-6-4-8-19(15-17)25-21-13-14-24-23-20(21)11-12-22(27)26-23/h2-8,11-15H,9-10H2,1H3,(H2,24,25,26,27). The van der Waals surface area contributed by atoms with E-state index in [2.05, 4.69) is 70.7 Å².